The lowest BCUT2D eigenvalue weighted by molar-refractivity contribution is -0.159. The summed E-state index contributed by atoms with van der Waals surface area (Å²) in [6.07, 6.45) is 12.8. The summed E-state index contributed by atoms with van der Waals surface area (Å²) in [5, 5.41) is 0. The van der Waals surface area contributed by atoms with E-state index in [9.17, 15) is 9.59 Å². The molecule has 0 aromatic carbocycles. The molecule has 4 heteroatoms. The van der Waals surface area contributed by atoms with Crippen molar-refractivity contribution in [2.75, 3.05) is 6.61 Å². The Labute approximate surface area is 145 Å². The van der Waals surface area contributed by atoms with Crippen LogP contribution in [0, 0.1) is 11.3 Å². The topological polar surface area (TPSA) is 52.6 Å². The van der Waals surface area contributed by atoms with Gasteiger partial charge in [0.05, 0.1) is 0 Å². The normalized spacial score (nSPS) is 14.3. The van der Waals surface area contributed by atoms with E-state index >= 15 is 0 Å². The summed E-state index contributed by atoms with van der Waals surface area (Å²) in [6.45, 7) is 11.7. The third-order valence-electron chi connectivity index (χ3n) is 3.28. The van der Waals surface area contributed by atoms with E-state index in [1.54, 1.807) is 24.3 Å². The highest BCUT2D eigenvalue weighted by molar-refractivity contribution is 5.83. The van der Waals surface area contributed by atoms with Gasteiger partial charge in [-0.15, -0.1) is 0 Å². The van der Waals surface area contributed by atoms with Gasteiger partial charge in [-0.2, -0.15) is 0 Å². The predicted molar refractivity (Wildman–Crippen MR) is 97.4 cm³/mol. The van der Waals surface area contributed by atoms with Crippen LogP contribution >= 0.6 is 0 Å². The average Bonchev–Trinajstić information content (AvgIpc) is 2.51. The third-order valence-corrected chi connectivity index (χ3v) is 3.28. The lowest BCUT2D eigenvalue weighted by Crippen LogP contribution is -2.41. The van der Waals surface area contributed by atoms with Gasteiger partial charge in [0.25, 0.3) is 0 Å². The molecule has 0 N–H and O–H groups in total. The van der Waals surface area contributed by atoms with E-state index in [1.165, 1.54) is 12.2 Å². The molecule has 0 saturated heterocycles. The molecule has 0 aliphatic heterocycles. The SMILES string of the molecule is C/C=C/C=C/C(=O)OCC(C)(C)C(OC(=O)/C=C/C=C/C)C(C)C. The largest absolute Gasteiger partial charge is 0.462 e. The van der Waals surface area contributed by atoms with E-state index in [1.807, 2.05) is 53.7 Å². The first-order valence-electron chi connectivity index (χ1n) is 8.20. The van der Waals surface area contributed by atoms with Crippen LogP contribution < -0.4 is 0 Å². The second-order valence-corrected chi connectivity index (χ2v) is 6.47. The van der Waals surface area contributed by atoms with Crippen LogP contribution in [0.1, 0.15) is 41.5 Å². The van der Waals surface area contributed by atoms with E-state index in [4.69, 9.17) is 9.47 Å². The van der Waals surface area contributed by atoms with Gasteiger partial charge in [-0.05, 0) is 19.8 Å². The number of esters is 2. The first-order valence-corrected chi connectivity index (χ1v) is 8.20. The van der Waals surface area contributed by atoms with Gasteiger partial charge in [0.1, 0.15) is 12.7 Å². The van der Waals surface area contributed by atoms with Crippen molar-refractivity contribution in [3.8, 4) is 0 Å². The van der Waals surface area contributed by atoms with Crippen molar-refractivity contribution in [3.63, 3.8) is 0 Å². The zero-order chi connectivity index (χ0) is 18.6. The molecule has 0 fully saturated rings. The first kappa shape index (κ1) is 21.9. The molecule has 1 atom stereocenters. The molecule has 24 heavy (non-hydrogen) atoms. The van der Waals surface area contributed by atoms with Crippen LogP contribution in [0.5, 0.6) is 0 Å². The lowest BCUT2D eigenvalue weighted by Gasteiger charge is -2.35. The Bertz CT molecular complexity index is 508. The van der Waals surface area contributed by atoms with Gasteiger partial charge in [-0.3, -0.25) is 0 Å². The second-order valence-electron chi connectivity index (χ2n) is 6.47. The quantitative estimate of drug-likeness (QED) is 0.356. The maximum atomic E-state index is 11.9. The highest BCUT2D eigenvalue weighted by atomic mass is 16.6. The van der Waals surface area contributed by atoms with Crippen LogP contribution in [0.4, 0.5) is 0 Å². The van der Waals surface area contributed by atoms with Crippen LogP contribution in [0.15, 0.2) is 48.6 Å². The Morgan fingerprint density at radius 2 is 1.42 bits per heavy atom. The maximum Gasteiger partial charge on any atom is 0.331 e. The maximum absolute atomic E-state index is 11.9. The third kappa shape index (κ3) is 9.13. The van der Waals surface area contributed by atoms with Crippen molar-refractivity contribution in [2.45, 2.75) is 47.6 Å². The van der Waals surface area contributed by atoms with Gasteiger partial charge in [0.2, 0.25) is 0 Å². The highest BCUT2D eigenvalue weighted by Gasteiger charge is 2.36. The Kier molecular flexibility index (Phi) is 10.4. The molecule has 134 valence electrons. The number of allylic oxidation sites excluding steroid dienone is 6. The molecule has 0 bridgehead atoms. The number of ether oxygens (including phenoxy) is 2. The van der Waals surface area contributed by atoms with Crippen LogP contribution in [-0.4, -0.2) is 24.6 Å². The summed E-state index contributed by atoms with van der Waals surface area (Å²) >= 11 is 0. The van der Waals surface area contributed by atoms with E-state index in [0.717, 1.165) is 0 Å². The van der Waals surface area contributed by atoms with Crippen LogP contribution in [-0.2, 0) is 19.1 Å². The number of carbonyl (C=O) groups is 2. The summed E-state index contributed by atoms with van der Waals surface area (Å²) in [7, 11) is 0. The minimum absolute atomic E-state index is 0.0938. The van der Waals surface area contributed by atoms with Gasteiger partial charge in [0.15, 0.2) is 0 Å². The summed E-state index contributed by atoms with van der Waals surface area (Å²) in [5.41, 5.74) is -0.498. The number of hydrogen-bond donors (Lipinski definition) is 0. The molecule has 0 aliphatic carbocycles. The van der Waals surface area contributed by atoms with Crippen molar-refractivity contribution in [1.29, 1.82) is 0 Å². The molecular formula is C20H30O4. The molecule has 0 amide bonds. The van der Waals surface area contributed by atoms with E-state index in [0.29, 0.717) is 0 Å². The highest BCUT2D eigenvalue weighted by Crippen LogP contribution is 2.29. The molecule has 0 saturated carbocycles. The first-order chi connectivity index (χ1) is 11.2. The second kappa shape index (κ2) is 11.4. The Balaban J connectivity index is 4.82. The van der Waals surface area contributed by atoms with Gasteiger partial charge in [-0.25, -0.2) is 9.59 Å². The molecule has 0 rings (SSSR count). The monoisotopic (exact) mass is 334 g/mol. The predicted octanol–water partition coefficient (Wildman–Crippen LogP) is 4.39. The summed E-state index contributed by atoms with van der Waals surface area (Å²) < 4.78 is 10.9. The van der Waals surface area contributed by atoms with Crippen LogP contribution in [0.2, 0.25) is 0 Å². The van der Waals surface area contributed by atoms with E-state index < -0.39 is 17.4 Å². The summed E-state index contributed by atoms with van der Waals surface area (Å²) in [5.74, 6) is -0.724. The lowest BCUT2D eigenvalue weighted by atomic mass is 9.81. The molecule has 0 aromatic heterocycles. The van der Waals surface area contributed by atoms with Crippen molar-refractivity contribution in [3.05, 3.63) is 48.6 Å². The minimum Gasteiger partial charge on any atom is -0.462 e. The van der Waals surface area contributed by atoms with Gasteiger partial charge in [0, 0.05) is 17.6 Å². The molecule has 1 unspecified atom stereocenters. The van der Waals surface area contributed by atoms with Gasteiger partial charge >= 0.3 is 11.9 Å². The van der Waals surface area contributed by atoms with Crippen LogP contribution in [0.3, 0.4) is 0 Å². The molecule has 0 spiro atoms. The smallest absolute Gasteiger partial charge is 0.331 e. The standard InChI is InChI=1S/C20H30O4/c1-7-9-11-13-17(21)23-15-20(5,6)19(16(3)4)24-18(22)14-12-10-8-2/h7-14,16,19H,15H2,1-6H3/b9-7+,10-8+,13-11+,14-12+. The minimum atomic E-state index is -0.498. The van der Waals surface area contributed by atoms with Crippen LogP contribution in [0.25, 0.3) is 0 Å². The van der Waals surface area contributed by atoms with Gasteiger partial charge < -0.3 is 9.47 Å². The van der Waals surface area contributed by atoms with Crippen molar-refractivity contribution >= 4 is 11.9 Å². The molecule has 0 heterocycles. The van der Waals surface area contributed by atoms with E-state index in [-0.39, 0.29) is 18.6 Å². The number of carbonyl (C=O) groups excluding carboxylic acids is 2. The number of rotatable bonds is 9. The van der Waals surface area contributed by atoms with Crippen molar-refractivity contribution in [2.24, 2.45) is 11.3 Å². The van der Waals surface area contributed by atoms with Crippen molar-refractivity contribution < 1.29 is 19.1 Å². The zero-order valence-corrected chi connectivity index (χ0v) is 15.6. The molecule has 0 radical (unpaired) electrons. The zero-order valence-electron chi connectivity index (χ0n) is 15.6. The fourth-order valence-corrected chi connectivity index (χ4v) is 2.24. The van der Waals surface area contributed by atoms with E-state index in [2.05, 4.69) is 0 Å². The summed E-state index contributed by atoms with van der Waals surface area (Å²) in [6, 6.07) is 0. The summed E-state index contributed by atoms with van der Waals surface area (Å²) in [4.78, 5) is 23.6. The molecular weight excluding hydrogens is 304 g/mol. The Hall–Kier alpha value is -2.10. The van der Waals surface area contributed by atoms with Crippen molar-refractivity contribution in [1.82, 2.24) is 0 Å². The van der Waals surface area contributed by atoms with Gasteiger partial charge in [-0.1, -0.05) is 64.2 Å². The fraction of sp³-hybridized carbons (Fsp3) is 0.500. The average molecular weight is 334 g/mol. The molecule has 4 nitrogen and oxygen atoms in total. The Morgan fingerprint density at radius 1 is 0.917 bits per heavy atom. The Morgan fingerprint density at radius 3 is 1.88 bits per heavy atom. The fourth-order valence-electron chi connectivity index (χ4n) is 2.24. The molecule has 0 aliphatic rings. The number of hydrogen-bond acceptors (Lipinski definition) is 4. The molecule has 0 aromatic rings.